The average molecular weight is 353 g/mol. The van der Waals surface area contributed by atoms with Gasteiger partial charge in [-0.25, -0.2) is 8.42 Å². The quantitative estimate of drug-likeness (QED) is 0.883. The van der Waals surface area contributed by atoms with Crippen molar-refractivity contribution >= 4 is 10.0 Å². The first kappa shape index (κ1) is 18.0. The van der Waals surface area contributed by atoms with Crippen LogP contribution in [-0.4, -0.2) is 40.2 Å². The Morgan fingerprint density at radius 3 is 2.26 bits per heavy atom. The van der Waals surface area contributed by atoms with Crippen molar-refractivity contribution in [2.75, 3.05) is 20.3 Å². The molecule has 1 aromatic rings. The second-order valence-electron chi connectivity index (χ2n) is 5.22. The van der Waals surface area contributed by atoms with Gasteiger partial charge < -0.3 is 9.47 Å². The van der Waals surface area contributed by atoms with Crippen molar-refractivity contribution in [3.8, 4) is 5.75 Å². The minimum Gasteiger partial charge on any atom is -0.497 e. The maximum Gasteiger partial charge on any atom is 0.408 e. The molecule has 1 saturated heterocycles. The smallest absolute Gasteiger partial charge is 0.408 e. The summed E-state index contributed by atoms with van der Waals surface area (Å²) in [4.78, 5) is 0. The lowest BCUT2D eigenvalue weighted by Gasteiger charge is -2.27. The number of hydrogen-bond acceptors (Lipinski definition) is 4. The van der Waals surface area contributed by atoms with Gasteiger partial charge in [0.15, 0.2) is 0 Å². The second kappa shape index (κ2) is 7.06. The Bertz CT molecular complexity index is 610. The molecule has 5 nitrogen and oxygen atoms in total. The van der Waals surface area contributed by atoms with Crippen LogP contribution >= 0.6 is 0 Å². The second-order valence-corrected chi connectivity index (χ2v) is 7.21. The molecule has 1 aliphatic heterocycles. The summed E-state index contributed by atoms with van der Waals surface area (Å²) in [6.45, 7) is 0.454. The van der Waals surface area contributed by atoms with Crippen LogP contribution in [0.25, 0.3) is 0 Å². The lowest BCUT2D eigenvalue weighted by atomic mass is 10.1. The number of benzene rings is 1. The van der Waals surface area contributed by atoms with Gasteiger partial charge >= 0.3 is 6.18 Å². The summed E-state index contributed by atoms with van der Waals surface area (Å²) < 4.78 is 76.2. The minimum absolute atomic E-state index is 0.183. The van der Waals surface area contributed by atoms with E-state index in [1.807, 2.05) is 4.72 Å². The SMILES string of the molecule is COc1ccc(C(NS(=O)(=O)C2CCOCC2)C(F)(F)F)cc1. The third-order valence-electron chi connectivity index (χ3n) is 3.67. The highest BCUT2D eigenvalue weighted by atomic mass is 32.2. The molecule has 1 N–H and O–H groups in total. The molecule has 130 valence electrons. The summed E-state index contributed by atoms with van der Waals surface area (Å²) in [5.74, 6) is 0.391. The van der Waals surface area contributed by atoms with Crippen LogP contribution in [0.4, 0.5) is 13.2 Å². The van der Waals surface area contributed by atoms with Crippen molar-refractivity contribution in [2.24, 2.45) is 0 Å². The van der Waals surface area contributed by atoms with E-state index in [-0.39, 0.29) is 31.6 Å². The molecule has 1 aliphatic rings. The van der Waals surface area contributed by atoms with E-state index in [2.05, 4.69) is 0 Å². The van der Waals surface area contributed by atoms with E-state index in [0.29, 0.717) is 5.75 Å². The lowest BCUT2D eigenvalue weighted by molar-refractivity contribution is -0.153. The zero-order chi connectivity index (χ0) is 17.1. The van der Waals surface area contributed by atoms with Gasteiger partial charge in [-0.2, -0.15) is 17.9 Å². The number of sulfonamides is 1. The first-order chi connectivity index (χ1) is 10.7. The predicted octanol–water partition coefficient (Wildman–Crippen LogP) is 2.40. The van der Waals surface area contributed by atoms with E-state index in [9.17, 15) is 21.6 Å². The summed E-state index contributed by atoms with van der Waals surface area (Å²) in [6, 6.07) is 2.82. The maximum absolute atomic E-state index is 13.3. The zero-order valence-corrected chi connectivity index (χ0v) is 13.3. The largest absolute Gasteiger partial charge is 0.497 e. The van der Waals surface area contributed by atoms with E-state index in [1.54, 1.807) is 0 Å². The third-order valence-corrected chi connectivity index (χ3v) is 5.58. The Hall–Kier alpha value is -1.32. The van der Waals surface area contributed by atoms with Gasteiger partial charge in [0.05, 0.1) is 12.4 Å². The summed E-state index contributed by atoms with van der Waals surface area (Å²) in [6.07, 6.45) is -4.38. The maximum atomic E-state index is 13.3. The van der Waals surface area contributed by atoms with Crippen molar-refractivity contribution in [3.05, 3.63) is 29.8 Å². The first-order valence-electron chi connectivity index (χ1n) is 7.03. The fourth-order valence-corrected chi connectivity index (χ4v) is 3.97. The van der Waals surface area contributed by atoms with Gasteiger partial charge in [-0.3, -0.25) is 0 Å². The van der Waals surface area contributed by atoms with Crippen molar-refractivity contribution < 1.29 is 31.1 Å². The Kier molecular flexibility index (Phi) is 5.53. The first-order valence-corrected chi connectivity index (χ1v) is 8.58. The Balaban J connectivity index is 2.24. The lowest BCUT2D eigenvalue weighted by Crippen LogP contribution is -2.44. The highest BCUT2D eigenvalue weighted by molar-refractivity contribution is 7.90. The van der Waals surface area contributed by atoms with Crippen LogP contribution in [0.1, 0.15) is 24.4 Å². The fourth-order valence-electron chi connectivity index (χ4n) is 2.37. The Labute approximate surface area is 132 Å². The predicted molar refractivity (Wildman–Crippen MR) is 77.7 cm³/mol. The van der Waals surface area contributed by atoms with Crippen LogP contribution < -0.4 is 9.46 Å². The molecular formula is C14H18F3NO4S. The number of rotatable bonds is 5. The van der Waals surface area contributed by atoms with E-state index < -0.39 is 27.5 Å². The van der Waals surface area contributed by atoms with E-state index in [1.165, 1.54) is 31.4 Å². The van der Waals surface area contributed by atoms with Gasteiger partial charge in [0.25, 0.3) is 0 Å². The number of hydrogen-bond donors (Lipinski definition) is 1. The van der Waals surface area contributed by atoms with Crippen LogP contribution in [0.15, 0.2) is 24.3 Å². The van der Waals surface area contributed by atoms with Crippen LogP contribution in [-0.2, 0) is 14.8 Å². The third kappa shape index (κ3) is 4.58. The molecule has 2 rings (SSSR count). The van der Waals surface area contributed by atoms with Gasteiger partial charge in [0.1, 0.15) is 11.8 Å². The van der Waals surface area contributed by atoms with Gasteiger partial charge in [0.2, 0.25) is 10.0 Å². The summed E-state index contributed by atoms with van der Waals surface area (Å²) >= 11 is 0. The molecule has 0 amide bonds. The number of nitrogens with one attached hydrogen (secondary N) is 1. The topological polar surface area (TPSA) is 64.6 Å². The minimum atomic E-state index is -4.74. The molecule has 0 aromatic heterocycles. The molecule has 1 aromatic carbocycles. The highest BCUT2D eigenvalue weighted by Gasteiger charge is 2.44. The van der Waals surface area contributed by atoms with Crippen LogP contribution in [0, 0.1) is 0 Å². The van der Waals surface area contributed by atoms with E-state index in [0.717, 1.165) is 0 Å². The average Bonchev–Trinajstić information content (AvgIpc) is 2.53. The molecule has 1 fully saturated rings. The molecule has 0 saturated carbocycles. The van der Waals surface area contributed by atoms with E-state index in [4.69, 9.17) is 9.47 Å². The monoisotopic (exact) mass is 353 g/mol. The van der Waals surface area contributed by atoms with Gasteiger partial charge in [0, 0.05) is 13.2 Å². The molecule has 1 heterocycles. The summed E-state index contributed by atoms with van der Waals surface area (Å²) in [7, 11) is -2.72. The highest BCUT2D eigenvalue weighted by Crippen LogP contribution is 2.34. The molecule has 1 unspecified atom stereocenters. The van der Waals surface area contributed by atoms with Crippen LogP contribution in [0.5, 0.6) is 5.75 Å². The van der Waals surface area contributed by atoms with Crippen molar-refractivity contribution in [1.82, 2.24) is 4.72 Å². The number of ether oxygens (including phenoxy) is 2. The zero-order valence-electron chi connectivity index (χ0n) is 12.5. The fraction of sp³-hybridized carbons (Fsp3) is 0.571. The van der Waals surface area contributed by atoms with Crippen LogP contribution in [0.2, 0.25) is 0 Å². The van der Waals surface area contributed by atoms with Crippen LogP contribution in [0.3, 0.4) is 0 Å². The molecule has 0 aliphatic carbocycles. The summed E-state index contributed by atoms with van der Waals surface area (Å²) in [5.41, 5.74) is -0.186. The molecule has 0 spiro atoms. The standard InChI is InChI=1S/C14H18F3NO4S/c1-21-11-4-2-10(3-5-11)13(14(15,16)17)18-23(19,20)12-6-8-22-9-7-12/h2-5,12-13,18H,6-9H2,1H3. The molecule has 0 bridgehead atoms. The van der Waals surface area contributed by atoms with Gasteiger partial charge in [-0.1, -0.05) is 12.1 Å². The number of methoxy groups -OCH3 is 1. The Morgan fingerprint density at radius 2 is 1.78 bits per heavy atom. The van der Waals surface area contributed by atoms with E-state index >= 15 is 0 Å². The van der Waals surface area contributed by atoms with Crippen molar-refractivity contribution in [1.29, 1.82) is 0 Å². The Morgan fingerprint density at radius 1 is 1.22 bits per heavy atom. The number of halogens is 3. The number of alkyl halides is 3. The molecule has 23 heavy (non-hydrogen) atoms. The molecule has 0 radical (unpaired) electrons. The van der Waals surface area contributed by atoms with Crippen molar-refractivity contribution in [2.45, 2.75) is 30.3 Å². The normalized spacial score (nSPS) is 18.6. The molecular weight excluding hydrogens is 335 g/mol. The van der Waals surface area contributed by atoms with Crippen molar-refractivity contribution in [3.63, 3.8) is 0 Å². The molecule has 1 atom stereocenters. The van der Waals surface area contributed by atoms with Gasteiger partial charge in [-0.05, 0) is 30.5 Å². The molecule has 9 heteroatoms. The van der Waals surface area contributed by atoms with Gasteiger partial charge in [-0.15, -0.1) is 0 Å². The summed E-state index contributed by atoms with van der Waals surface area (Å²) in [5, 5.41) is -0.876.